The lowest BCUT2D eigenvalue weighted by Gasteiger charge is -2.11. The van der Waals surface area contributed by atoms with E-state index in [2.05, 4.69) is 10.6 Å². The average Bonchev–Trinajstić information content (AvgIpc) is 3.06. The summed E-state index contributed by atoms with van der Waals surface area (Å²) >= 11 is 0. The number of nitrogens with one attached hydrogen (secondary N) is 2. The van der Waals surface area contributed by atoms with Crippen molar-refractivity contribution in [3.05, 3.63) is 35.4 Å². The van der Waals surface area contributed by atoms with Gasteiger partial charge in [0.1, 0.15) is 0 Å². The number of halogens is 2. The van der Waals surface area contributed by atoms with Gasteiger partial charge >= 0.3 is 0 Å². The van der Waals surface area contributed by atoms with Crippen LogP contribution in [0.25, 0.3) is 0 Å². The van der Waals surface area contributed by atoms with Crippen LogP contribution in [0, 0.1) is 17.6 Å². The molecule has 0 spiro atoms. The minimum absolute atomic E-state index is 0.0487. The van der Waals surface area contributed by atoms with Gasteiger partial charge in [0.2, 0.25) is 5.91 Å². The Hall–Kier alpha value is -1.49. The van der Waals surface area contributed by atoms with Crippen molar-refractivity contribution in [1.29, 1.82) is 0 Å². The lowest BCUT2D eigenvalue weighted by atomic mass is 10.1. The summed E-state index contributed by atoms with van der Waals surface area (Å²) in [6.45, 7) is 1.62. The molecule has 1 aromatic carbocycles. The smallest absolute Gasteiger partial charge is 0.223 e. The highest BCUT2D eigenvalue weighted by Gasteiger charge is 2.45. The Morgan fingerprint density at radius 3 is 3.00 bits per heavy atom. The molecule has 2 aliphatic rings. The van der Waals surface area contributed by atoms with Gasteiger partial charge in [0.25, 0.3) is 0 Å². The first-order valence-electron chi connectivity index (χ1n) is 7.12. The summed E-state index contributed by atoms with van der Waals surface area (Å²) in [4.78, 5) is 12.0. The lowest BCUT2D eigenvalue weighted by molar-refractivity contribution is -0.122. The molecule has 0 radical (unpaired) electrons. The number of rotatable bonds is 4. The largest absolute Gasteiger partial charge is 0.354 e. The topological polar surface area (TPSA) is 41.1 Å². The third-order valence-electron chi connectivity index (χ3n) is 4.19. The van der Waals surface area contributed by atoms with E-state index in [1.807, 2.05) is 0 Å². The van der Waals surface area contributed by atoms with Crippen molar-refractivity contribution in [1.82, 2.24) is 10.6 Å². The Labute approximate surface area is 116 Å². The molecule has 3 nitrogen and oxygen atoms in total. The number of carbonyl (C=O) groups excluding carboxylic acids is 1. The van der Waals surface area contributed by atoms with Crippen molar-refractivity contribution in [3.8, 4) is 0 Å². The van der Waals surface area contributed by atoms with Gasteiger partial charge < -0.3 is 10.6 Å². The fourth-order valence-electron chi connectivity index (χ4n) is 2.92. The maximum absolute atomic E-state index is 13.6. The molecule has 20 heavy (non-hydrogen) atoms. The van der Waals surface area contributed by atoms with Gasteiger partial charge in [0.15, 0.2) is 11.6 Å². The monoisotopic (exact) mass is 280 g/mol. The Balaban J connectivity index is 1.55. The first-order valence-corrected chi connectivity index (χ1v) is 7.12. The van der Waals surface area contributed by atoms with E-state index >= 15 is 0 Å². The zero-order chi connectivity index (χ0) is 14.1. The molecule has 0 aromatic heterocycles. The highest BCUT2D eigenvalue weighted by molar-refractivity contribution is 5.82. The summed E-state index contributed by atoms with van der Waals surface area (Å²) in [5.41, 5.74) is 0.323. The molecule has 1 heterocycles. The number of hydrogen-bond donors (Lipinski definition) is 2. The maximum atomic E-state index is 13.6. The molecule has 1 amide bonds. The van der Waals surface area contributed by atoms with Gasteiger partial charge in [-0.2, -0.15) is 0 Å². The zero-order valence-electron chi connectivity index (χ0n) is 11.2. The Kier molecular flexibility index (Phi) is 3.70. The predicted molar refractivity (Wildman–Crippen MR) is 71.2 cm³/mol. The van der Waals surface area contributed by atoms with Gasteiger partial charge in [-0.25, -0.2) is 8.78 Å². The van der Waals surface area contributed by atoms with Crippen LogP contribution in [-0.2, 0) is 4.79 Å². The van der Waals surface area contributed by atoms with Gasteiger partial charge in [-0.1, -0.05) is 12.1 Å². The molecular formula is C15H18F2N2O. The molecule has 1 aliphatic carbocycles. The van der Waals surface area contributed by atoms with Crippen LogP contribution in [0.1, 0.15) is 30.7 Å². The van der Waals surface area contributed by atoms with E-state index < -0.39 is 11.6 Å². The van der Waals surface area contributed by atoms with Crippen LogP contribution < -0.4 is 10.6 Å². The Bertz CT molecular complexity index is 515. The summed E-state index contributed by atoms with van der Waals surface area (Å²) in [5, 5.41) is 6.21. The molecule has 3 rings (SSSR count). The van der Waals surface area contributed by atoms with Crippen molar-refractivity contribution in [2.24, 2.45) is 5.92 Å². The number of amides is 1. The third kappa shape index (κ3) is 2.68. The molecule has 2 fully saturated rings. The van der Waals surface area contributed by atoms with Gasteiger partial charge in [0, 0.05) is 18.5 Å². The van der Waals surface area contributed by atoms with Crippen LogP contribution in [0.15, 0.2) is 18.2 Å². The minimum atomic E-state index is -0.844. The number of hydrogen-bond acceptors (Lipinski definition) is 2. The molecule has 2 N–H and O–H groups in total. The second-order valence-electron chi connectivity index (χ2n) is 5.63. The molecule has 3 unspecified atom stereocenters. The van der Waals surface area contributed by atoms with Gasteiger partial charge in [-0.3, -0.25) is 4.79 Å². The molecule has 1 aliphatic heterocycles. The second kappa shape index (κ2) is 5.48. The van der Waals surface area contributed by atoms with Crippen molar-refractivity contribution in [2.45, 2.75) is 31.2 Å². The van der Waals surface area contributed by atoms with E-state index in [-0.39, 0.29) is 17.7 Å². The molecule has 5 heteroatoms. The molecular weight excluding hydrogens is 262 g/mol. The molecule has 0 bridgehead atoms. The van der Waals surface area contributed by atoms with Crippen LogP contribution in [0.5, 0.6) is 0 Å². The fraction of sp³-hybridized carbons (Fsp3) is 0.533. The van der Waals surface area contributed by atoms with Gasteiger partial charge in [-0.15, -0.1) is 0 Å². The summed E-state index contributed by atoms with van der Waals surface area (Å²) < 4.78 is 26.8. The van der Waals surface area contributed by atoms with E-state index in [1.165, 1.54) is 6.07 Å². The van der Waals surface area contributed by atoms with Crippen molar-refractivity contribution in [3.63, 3.8) is 0 Å². The summed E-state index contributed by atoms with van der Waals surface area (Å²) in [6, 6.07) is 4.50. The summed E-state index contributed by atoms with van der Waals surface area (Å²) in [5.74, 6) is -2.10. The fourth-order valence-corrected chi connectivity index (χ4v) is 2.92. The van der Waals surface area contributed by atoms with Crippen LogP contribution in [0.3, 0.4) is 0 Å². The van der Waals surface area contributed by atoms with Gasteiger partial charge in [0.05, 0.1) is 0 Å². The summed E-state index contributed by atoms with van der Waals surface area (Å²) in [7, 11) is 0. The van der Waals surface area contributed by atoms with E-state index in [1.54, 1.807) is 6.07 Å². The van der Waals surface area contributed by atoms with Crippen molar-refractivity contribution >= 4 is 5.91 Å². The van der Waals surface area contributed by atoms with E-state index in [0.717, 1.165) is 25.5 Å². The second-order valence-corrected chi connectivity index (χ2v) is 5.63. The molecule has 108 valence electrons. The first-order chi connectivity index (χ1) is 9.66. The van der Waals surface area contributed by atoms with Crippen LogP contribution in [0.4, 0.5) is 8.78 Å². The molecule has 3 atom stereocenters. The quantitative estimate of drug-likeness (QED) is 0.885. The van der Waals surface area contributed by atoms with E-state index in [9.17, 15) is 13.6 Å². The number of benzene rings is 1. The molecule has 1 saturated heterocycles. The predicted octanol–water partition coefficient (Wildman–Crippen LogP) is 1.94. The zero-order valence-corrected chi connectivity index (χ0v) is 11.2. The van der Waals surface area contributed by atoms with Crippen LogP contribution in [0.2, 0.25) is 0 Å². The maximum Gasteiger partial charge on any atom is 0.223 e. The Morgan fingerprint density at radius 1 is 1.40 bits per heavy atom. The highest BCUT2D eigenvalue weighted by atomic mass is 19.2. The molecule has 1 aromatic rings. The SMILES string of the molecule is O=C(NCC1CCCN1)C1CC1c1cccc(F)c1F. The van der Waals surface area contributed by atoms with Crippen LogP contribution >= 0.6 is 0 Å². The van der Waals surface area contributed by atoms with E-state index in [4.69, 9.17) is 0 Å². The molecule has 1 saturated carbocycles. The summed E-state index contributed by atoms with van der Waals surface area (Å²) in [6.07, 6.45) is 2.82. The van der Waals surface area contributed by atoms with Crippen molar-refractivity contribution in [2.75, 3.05) is 13.1 Å². The number of carbonyl (C=O) groups is 1. The standard InChI is InChI=1S/C15H18F2N2O/c16-13-5-1-4-10(14(13)17)11-7-12(11)15(20)19-8-9-3-2-6-18-9/h1,4-5,9,11-12,18H,2-3,6-8H2,(H,19,20). The highest BCUT2D eigenvalue weighted by Crippen LogP contribution is 2.48. The average molecular weight is 280 g/mol. The Morgan fingerprint density at radius 2 is 2.25 bits per heavy atom. The normalized spacial score (nSPS) is 28.4. The lowest BCUT2D eigenvalue weighted by Crippen LogP contribution is -2.38. The van der Waals surface area contributed by atoms with Gasteiger partial charge in [-0.05, 0) is 43.4 Å². The van der Waals surface area contributed by atoms with E-state index in [0.29, 0.717) is 24.6 Å². The van der Waals surface area contributed by atoms with Crippen LogP contribution in [-0.4, -0.2) is 25.0 Å². The minimum Gasteiger partial charge on any atom is -0.354 e. The van der Waals surface area contributed by atoms with Crippen molar-refractivity contribution < 1.29 is 13.6 Å². The first kappa shape index (κ1) is 13.5. The third-order valence-corrected chi connectivity index (χ3v) is 4.19.